The zero-order valence-electron chi connectivity index (χ0n) is 19.8. The summed E-state index contributed by atoms with van der Waals surface area (Å²) in [6, 6.07) is 12.9. The Bertz CT molecular complexity index is 1130. The number of halogens is 1. The van der Waals surface area contributed by atoms with E-state index >= 15 is 0 Å². The van der Waals surface area contributed by atoms with Crippen molar-refractivity contribution in [1.29, 1.82) is 0 Å². The van der Waals surface area contributed by atoms with Crippen molar-refractivity contribution in [2.45, 2.75) is 24.9 Å². The summed E-state index contributed by atoms with van der Waals surface area (Å²) >= 11 is 0. The molecule has 35 heavy (non-hydrogen) atoms. The minimum Gasteiger partial charge on any atom is -0.507 e. The fourth-order valence-corrected chi connectivity index (χ4v) is 5.63. The van der Waals surface area contributed by atoms with Crippen LogP contribution in [0.1, 0.15) is 18.4 Å². The lowest BCUT2D eigenvalue weighted by Gasteiger charge is -2.44. The molecule has 0 saturated carbocycles. The second-order valence-electron chi connectivity index (χ2n) is 9.53. The molecule has 5 rings (SSSR count). The van der Waals surface area contributed by atoms with Crippen molar-refractivity contribution in [2.75, 3.05) is 49.1 Å². The standard InChI is InChI=1S/C26H34FN7O/c27-21-8-7-17(13-23(21)32-11-9-31-10-12-32)34-18-5-6-19(34)16-33(15-18)24(26(29)30)14-22(28)20-3-1-2-4-25(20)35/h1-4,7-8,13-14,18-19,31,35H,5-6,9-12,15-16,28-30H2/b22-14-. The third-order valence-electron chi connectivity index (χ3n) is 7.31. The first kappa shape index (κ1) is 23.2. The smallest absolute Gasteiger partial charge is 0.146 e. The summed E-state index contributed by atoms with van der Waals surface area (Å²) in [5, 5.41) is 13.5. The SMILES string of the molecule is NC(N)=C(/C=C(\N)c1ccccc1O)N1CC2CCC(C1)N2c1ccc(F)c(N2CCNCC2)c1. The van der Waals surface area contributed by atoms with Crippen LogP contribution < -0.4 is 32.3 Å². The summed E-state index contributed by atoms with van der Waals surface area (Å²) in [7, 11) is 0. The van der Waals surface area contributed by atoms with Crippen molar-refractivity contribution < 1.29 is 9.50 Å². The lowest BCUT2D eigenvalue weighted by atomic mass is 10.1. The van der Waals surface area contributed by atoms with Gasteiger partial charge in [0.15, 0.2) is 0 Å². The van der Waals surface area contributed by atoms with Crippen molar-refractivity contribution in [3.8, 4) is 5.75 Å². The lowest BCUT2D eigenvalue weighted by molar-refractivity contribution is 0.277. The molecular formula is C26H34FN7O. The molecule has 0 spiro atoms. The second kappa shape index (κ2) is 9.58. The molecule has 2 bridgehead atoms. The molecular weight excluding hydrogens is 445 g/mol. The fraction of sp³-hybridized carbons (Fsp3) is 0.385. The molecule has 3 heterocycles. The van der Waals surface area contributed by atoms with Gasteiger partial charge in [-0.05, 0) is 49.2 Å². The average molecular weight is 480 g/mol. The Balaban J connectivity index is 1.38. The number of anilines is 2. The zero-order valence-corrected chi connectivity index (χ0v) is 19.8. The van der Waals surface area contributed by atoms with Crippen LogP contribution in [0, 0.1) is 5.82 Å². The zero-order chi connectivity index (χ0) is 24.5. The third-order valence-corrected chi connectivity index (χ3v) is 7.31. The number of aromatic hydroxyl groups is 1. The number of nitrogens with zero attached hydrogens (tertiary/aromatic N) is 3. The normalized spacial score (nSPS) is 22.4. The monoisotopic (exact) mass is 479 g/mol. The lowest BCUT2D eigenvalue weighted by Crippen LogP contribution is -2.54. The van der Waals surface area contributed by atoms with Gasteiger partial charge < -0.3 is 42.3 Å². The Morgan fingerprint density at radius 1 is 1.00 bits per heavy atom. The number of allylic oxidation sites excluding steroid dienone is 1. The predicted molar refractivity (Wildman–Crippen MR) is 138 cm³/mol. The van der Waals surface area contributed by atoms with Crippen molar-refractivity contribution in [3.05, 3.63) is 71.4 Å². The molecule has 0 radical (unpaired) electrons. The Kier molecular flexibility index (Phi) is 6.34. The van der Waals surface area contributed by atoms with Gasteiger partial charge in [-0.1, -0.05) is 12.1 Å². The van der Waals surface area contributed by atoms with E-state index in [1.807, 2.05) is 18.2 Å². The number of benzene rings is 2. The number of hydrogen-bond donors (Lipinski definition) is 5. The van der Waals surface area contributed by atoms with E-state index < -0.39 is 0 Å². The van der Waals surface area contributed by atoms with Crippen molar-refractivity contribution in [1.82, 2.24) is 10.2 Å². The summed E-state index contributed by atoms with van der Waals surface area (Å²) in [6.45, 7) is 4.79. The second-order valence-corrected chi connectivity index (χ2v) is 9.53. The first-order valence-corrected chi connectivity index (χ1v) is 12.2. The maximum absolute atomic E-state index is 14.7. The molecule has 2 unspecified atom stereocenters. The van der Waals surface area contributed by atoms with Gasteiger partial charge in [0.25, 0.3) is 0 Å². The Hall–Kier alpha value is -3.59. The average Bonchev–Trinajstić information content (AvgIpc) is 3.12. The first-order valence-electron chi connectivity index (χ1n) is 12.2. The molecule has 3 fully saturated rings. The molecule has 2 aromatic rings. The number of likely N-dealkylation sites (tertiary alicyclic amines) is 1. The van der Waals surface area contributed by atoms with E-state index in [1.165, 1.54) is 0 Å². The van der Waals surface area contributed by atoms with Gasteiger partial charge in [0.05, 0.1) is 11.4 Å². The highest BCUT2D eigenvalue weighted by atomic mass is 19.1. The number of phenolic OH excluding ortho intramolecular Hbond substituents is 1. The van der Waals surface area contributed by atoms with Crippen LogP contribution >= 0.6 is 0 Å². The number of nitrogens with one attached hydrogen (secondary N) is 1. The molecule has 8 nitrogen and oxygen atoms in total. The van der Waals surface area contributed by atoms with Crippen LogP contribution in [0.4, 0.5) is 15.8 Å². The van der Waals surface area contributed by atoms with Crippen LogP contribution in [0.15, 0.2) is 60.1 Å². The van der Waals surface area contributed by atoms with E-state index in [0.29, 0.717) is 22.6 Å². The van der Waals surface area contributed by atoms with Gasteiger partial charge in [-0.2, -0.15) is 0 Å². The maximum Gasteiger partial charge on any atom is 0.146 e. The molecule has 8 N–H and O–H groups in total. The van der Waals surface area contributed by atoms with Crippen LogP contribution in [-0.4, -0.2) is 61.4 Å². The van der Waals surface area contributed by atoms with E-state index in [4.69, 9.17) is 17.2 Å². The Morgan fingerprint density at radius 3 is 2.34 bits per heavy atom. The van der Waals surface area contributed by atoms with Gasteiger partial charge in [-0.25, -0.2) is 4.39 Å². The molecule has 0 aromatic heterocycles. The topological polar surface area (TPSA) is 120 Å². The molecule has 2 atom stereocenters. The first-order chi connectivity index (χ1) is 16.9. The van der Waals surface area contributed by atoms with Crippen molar-refractivity contribution in [2.24, 2.45) is 17.2 Å². The van der Waals surface area contributed by atoms with Crippen LogP contribution in [0.2, 0.25) is 0 Å². The number of nitrogens with two attached hydrogens (primary N) is 3. The number of piperazine rings is 2. The van der Waals surface area contributed by atoms with Gasteiger partial charge in [-0.3, -0.25) is 0 Å². The van der Waals surface area contributed by atoms with Crippen LogP contribution in [0.3, 0.4) is 0 Å². The van der Waals surface area contributed by atoms with Crippen LogP contribution in [0.25, 0.3) is 5.70 Å². The van der Waals surface area contributed by atoms with E-state index in [0.717, 1.165) is 57.8 Å². The highest BCUT2D eigenvalue weighted by molar-refractivity contribution is 5.70. The van der Waals surface area contributed by atoms with Gasteiger partial charge in [0.2, 0.25) is 0 Å². The van der Waals surface area contributed by atoms with E-state index in [1.54, 1.807) is 30.3 Å². The Morgan fingerprint density at radius 2 is 1.69 bits per heavy atom. The molecule has 9 heteroatoms. The molecule has 0 aliphatic carbocycles. The summed E-state index contributed by atoms with van der Waals surface area (Å²) in [5.41, 5.74) is 21.9. The van der Waals surface area contributed by atoms with Gasteiger partial charge in [0, 0.05) is 68.3 Å². The number of phenols is 1. The summed E-state index contributed by atoms with van der Waals surface area (Å²) in [4.78, 5) is 6.74. The minimum absolute atomic E-state index is 0.109. The van der Waals surface area contributed by atoms with Crippen LogP contribution in [-0.2, 0) is 0 Å². The van der Waals surface area contributed by atoms with Gasteiger partial charge >= 0.3 is 0 Å². The molecule has 3 aliphatic heterocycles. The molecule has 2 aromatic carbocycles. The highest BCUT2D eigenvalue weighted by Crippen LogP contribution is 2.38. The van der Waals surface area contributed by atoms with Crippen LogP contribution in [0.5, 0.6) is 5.75 Å². The Labute approximate surface area is 205 Å². The largest absolute Gasteiger partial charge is 0.507 e. The summed E-state index contributed by atoms with van der Waals surface area (Å²) in [6.07, 6.45) is 3.83. The van der Waals surface area contributed by atoms with Gasteiger partial charge in [-0.15, -0.1) is 0 Å². The summed E-state index contributed by atoms with van der Waals surface area (Å²) < 4.78 is 14.7. The number of para-hydroxylation sites is 1. The number of fused-ring (bicyclic) bond motifs is 2. The van der Waals surface area contributed by atoms with Crippen molar-refractivity contribution in [3.63, 3.8) is 0 Å². The third kappa shape index (κ3) is 4.55. The van der Waals surface area contributed by atoms with E-state index in [9.17, 15) is 9.50 Å². The maximum atomic E-state index is 14.7. The molecule has 186 valence electrons. The quantitative estimate of drug-likeness (QED) is 0.411. The minimum atomic E-state index is -0.174. The predicted octanol–water partition coefficient (Wildman–Crippen LogP) is 1.68. The number of rotatable bonds is 5. The summed E-state index contributed by atoms with van der Waals surface area (Å²) in [5.74, 6) is 0.129. The van der Waals surface area contributed by atoms with Crippen molar-refractivity contribution >= 4 is 17.1 Å². The van der Waals surface area contributed by atoms with Gasteiger partial charge in [0.1, 0.15) is 17.4 Å². The fourth-order valence-electron chi connectivity index (χ4n) is 5.63. The molecule has 3 saturated heterocycles. The highest BCUT2D eigenvalue weighted by Gasteiger charge is 2.41. The molecule has 3 aliphatic rings. The number of hydrogen-bond acceptors (Lipinski definition) is 8. The van der Waals surface area contributed by atoms with E-state index in [-0.39, 0.29) is 29.5 Å². The van der Waals surface area contributed by atoms with E-state index in [2.05, 4.69) is 20.0 Å². The molecule has 0 amide bonds.